The lowest BCUT2D eigenvalue weighted by molar-refractivity contribution is 0.115. The number of hydrogen-bond donors (Lipinski definition) is 1. The van der Waals surface area contributed by atoms with Gasteiger partial charge in [0.1, 0.15) is 0 Å². The topological polar surface area (TPSA) is 54.7 Å². The number of guanidine groups is 1. The van der Waals surface area contributed by atoms with E-state index in [2.05, 4.69) is 38.4 Å². The average molecular weight is 469 g/mol. The summed E-state index contributed by atoms with van der Waals surface area (Å²) in [6.45, 7) is 3.17. The summed E-state index contributed by atoms with van der Waals surface area (Å²) < 4.78 is 7.74. The number of aromatic nitrogens is 2. The third-order valence-electron chi connectivity index (χ3n) is 4.41. The summed E-state index contributed by atoms with van der Waals surface area (Å²) in [5.74, 6) is 1.68. The normalized spacial score (nSPS) is 14.0. The third kappa shape index (κ3) is 5.98. The first-order chi connectivity index (χ1) is 12.3. The van der Waals surface area contributed by atoms with Crippen molar-refractivity contribution in [2.24, 2.45) is 10.9 Å². The summed E-state index contributed by atoms with van der Waals surface area (Å²) in [6.07, 6.45) is 8.22. The molecule has 0 spiro atoms. The Balaban J connectivity index is 0.00000243. The van der Waals surface area contributed by atoms with Gasteiger partial charge in [-0.15, -0.1) is 24.0 Å². The van der Waals surface area contributed by atoms with Gasteiger partial charge in [0, 0.05) is 46.2 Å². The molecule has 1 aliphatic rings. The molecule has 0 aliphatic heterocycles. The number of ether oxygens (including phenoxy) is 1. The van der Waals surface area contributed by atoms with E-state index >= 15 is 0 Å². The number of para-hydroxylation sites is 1. The van der Waals surface area contributed by atoms with Crippen molar-refractivity contribution in [2.75, 3.05) is 33.9 Å². The van der Waals surface area contributed by atoms with Crippen molar-refractivity contribution in [1.29, 1.82) is 0 Å². The van der Waals surface area contributed by atoms with Crippen LogP contribution < -0.4 is 5.32 Å². The number of aliphatic imine (C=N–C) groups is 1. The van der Waals surface area contributed by atoms with Gasteiger partial charge in [-0.25, -0.2) is 4.98 Å². The van der Waals surface area contributed by atoms with E-state index in [9.17, 15) is 0 Å². The molecule has 0 bridgehead atoms. The van der Waals surface area contributed by atoms with Gasteiger partial charge >= 0.3 is 0 Å². The van der Waals surface area contributed by atoms with Gasteiger partial charge < -0.3 is 19.5 Å². The van der Waals surface area contributed by atoms with Crippen molar-refractivity contribution in [1.82, 2.24) is 19.8 Å². The van der Waals surface area contributed by atoms with Crippen LogP contribution in [-0.2, 0) is 11.3 Å². The van der Waals surface area contributed by atoms with E-state index in [1.807, 2.05) is 37.3 Å². The van der Waals surface area contributed by atoms with Gasteiger partial charge in [-0.2, -0.15) is 0 Å². The van der Waals surface area contributed by atoms with Gasteiger partial charge in [-0.1, -0.05) is 18.2 Å². The minimum atomic E-state index is 0. The molecule has 2 aromatic rings. The van der Waals surface area contributed by atoms with Gasteiger partial charge in [0.2, 0.25) is 0 Å². The van der Waals surface area contributed by atoms with Gasteiger partial charge in [-0.3, -0.25) is 4.99 Å². The van der Waals surface area contributed by atoms with Crippen molar-refractivity contribution < 1.29 is 4.74 Å². The molecule has 0 radical (unpaired) electrons. The Kier molecular flexibility index (Phi) is 8.37. The number of imidazole rings is 1. The van der Waals surface area contributed by atoms with Crippen LogP contribution in [0.5, 0.6) is 0 Å². The number of nitrogens with zero attached hydrogens (tertiary/aromatic N) is 4. The molecule has 26 heavy (non-hydrogen) atoms. The molecule has 1 aromatic heterocycles. The Bertz CT molecular complexity index is 685. The third-order valence-corrected chi connectivity index (χ3v) is 4.41. The first kappa shape index (κ1) is 20.7. The molecule has 1 fully saturated rings. The van der Waals surface area contributed by atoms with Crippen molar-refractivity contribution >= 4 is 29.9 Å². The number of benzene rings is 1. The molecule has 1 heterocycles. The Hall–Kier alpha value is -1.61. The maximum atomic E-state index is 5.72. The van der Waals surface area contributed by atoms with Crippen LogP contribution in [0.25, 0.3) is 5.69 Å². The van der Waals surface area contributed by atoms with E-state index in [0.29, 0.717) is 6.54 Å². The standard InChI is InChI=1S/C19H27N5O.HI/c1-20-19(23(2)11-12-25-14-16-7-8-16)22-13-17-5-3-4-6-18(17)24-10-9-21-15-24;/h3-6,9-10,15-16H,7-8,11-14H2,1-2H3,(H,20,22);1H. The highest BCUT2D eigenvalue weighted by Crippen LogP contribution is 2.28. The van der Waals surface area contributed by atoms with Crippen molar-refractivity contribution in [3.8, 4) is 5.69 Å². The maximum Gasteiger partial charge on any atom is 0.193 e. The highest BCUT2D eigenvalue weighted by atomic mass is 127. The molecule has 142 valence electrons. The predicted molar refractivity (Wildman–Crippen MR) is 115 cm³/mol. The summed E-state index contributed by atoms with van der Waals surface area (Å²) in [5.41, 5.74) is 2.32. The van der Waals surface area contributed by atoms with Gasteiger partial charge in [0.15, 0.2) is 5.96 Å². The molecule has 0 atom stereocenters. The lowest BCUT2D eigenvalue weighted by atomic mass is 10.1. The Morgan fingerprint density at radius 1 is 1.38 bits per heavy atom. The predicted octanol–water partition coefficient (Wildman–Crippen LogP) is 2.92. The van der Waals surface area contributed by atoms with Crippen LogP contribution in [0.3, 0.4) is 0 Å². The van der Waals surface area contributed by atoms with Gasteiger partial charge in [-0.05, 0) is 30.4 Å². The molecule has 1 aromatic carbocycles. The van der Waals surface area contributed by atoms with Crippen LogP contribution in [0.1, 0.15) is 18.4 Å². The highest BCUT2D eigenvalue weighted by Gasteiger charge is 2.21. The molecule has 0 unspecified atom stereocenters. The van der Waals surface area contributed by atoms with Gasteiger partial charge in [0.25, 0.3) is 0 Å². The van der Waals surface area contributed by atoms with Crippen LogP contribution in [0, 0.1) is 5.92 Å². The number of hydrogen-bond acceptors (Lipinski definition) is 3. The van der Waals surface area contributed by atoms with Crippen molar-refractivity contribution in [2.45, 2.75) is 19.4 Å². The number of nitrogens with one attached hydrogen (secondary N) is 1. The summed E-state index contributed by atoms with van der Waals surface area (Å²) in [5, 5.41) is 3.44. The second-order valence-electron chi connectivity index (χ2n) is 6.44. The van der Waals surface area contributed by atoms with Gasteiger partial charge in [0.05, 0.1) is 18.6 Å². The zero-order valence-corrected chi connectivity index (χ0v) is 17.8. The maximum absolute atomic E-state index is 5.72. The smallest absolute Gasteiger partial charge is 0.193 e. The van der Waals surface area contributed by atoms with E-state index in [4.69, 9.17) is 4.74 Å². The monoisotopic (exact) mass is 469 g/mol. The summed E-state index contributed by atoms with van der Waals surface area (Å²) in [7, 11) is 3.85. The van der Waals surface area contributed by atoms with Crippen LogP contribution >= 0.6 is 24.0 Å². The SMILES string of the molecule is CN=C(NCc1ccccc1-n1ccnc1)N(C)CCOCC1CC1.I. The quantitative estimate of drug-likeness (QED) is 0.280. The largest absolute Gasteiger partial charge is 0.379 e. The number of rotatable bonds is 8. The molecule has 1 saturated carbocycles. The molecular formula is C19H28IN5O. The minimum absolute atomic E-state index is 0. The second-order valence-corrected chi connectivity index (χ2v) is 6.44. The first-order valence-electron chi connectivity index (χ1n) is 8.83. The molecule has 7 heteroatoms. The van der Waals surface area contributed by atoms with Crippen molar-refractivity contribution in [3.63, 3.8) is 0 Å². The zero-order chi connectivity index (χ0) is 17.5. The van der Waals surface area contributed by atoms with Crippen LogP contribution in [-0.4, -0.2) is 54.3 Å². The first-order valence-corrected chi connectivity index (χ1v) is 8.83. The minimum Gasteiger partial charge on any atom is -0.379 e. The lowest BCUT2D eigenvalue weighted by Gasteiger charge is -2.22. The van der Waals surface area contributed by atoms with E-state index in [1.54, 1.807) is 6.20 Å². The summed E-state index contributed by atoms with van der Waals surface area (Å²) in [4.78, 5) is 10.6. The average Bonchev–Trinajstić information content (AvgIpc) is 3.30. The van der Waals surface area contributed by atoms with Crippen LogP contribution in [0.2, 0.25) is 0 Å². The molecule has 1 aliphatic carbocycles. The second kappa shape index (κ2) is 10.5. The van der Waals surface area contributed by atoms with E-state index in [-0.39, 0.29) is 24.0 Å². The van der Waals surface area contributed by atoms with E-state index in [0.717, 1.165) is 37.3 Å². The Morgan fingerprint density at radius 2 is 2.19 bits per heavy atom. The zero-order valence-electron chi connectivity index (χ0n) is 15.5. The van der Waals surface area contributed by atoms with Crippen LogP contribution in [0.15, 0.2) is 48.0 Å². The lowest BCUT2D eigenvalue weighted by Crippen LogP contribution is -2.40. The Labute approximate surface area is 172 Å². The number of likely N-dealkylation sites (N-methyl/N-ethyl adjacent to an activating group) is 1. The molecule has 0 saturated heterocycles. The molecule has 3 rings (SSSR count). The van der Waals surface area contributed by atoms with Crippen molar-refractivity contribution in [3.05, 3.63) is 48.5 Å². The fourth-order valence-corrected chi connectivity index (χ4v) is 2.71. The Morgan fingerprint density at radius 3 is 2.88 bits per heavy atom. The summed E-state index contributed by atoms with van der Waals surface area (Å²) in [6, 6.07) is 8.30. The fraction of sp³-hybridized carbons (Fsp3) is 0.474. The molecule has 1 N–H and O–H groups in total. The summed E-state index contributed by atoms with van der Waals surface area (Å²) >= 11 is 0. The van der Waals surface area contributed by atoms with E-state index in [1.165, 1.54) is 18.4 Å². The molecule has 0 amide bonds. The van der Waals surface area contributed by atoms with Crippen LogP contribution in [0.4, 0.5) is 0 Å². The van der Waals surface area contributed by atoms with E-state index < -0.39 is 0 Å². The molecule has 6 nitrogen and oxygen atoms in total. The number of halogens is 1. The highest BCUT2D eigenvalue weighted by molar-refractivity contribution is 14.0. The molecular weight excluding hydrogens is 441 g/mol. The fourth-order valence-electron chi connectivity index (χ4n) is 2.71.